The Morgan fingerprint density at radius 2 is 2.00 bits per heavy atom. The second-order valence-electron chi connectivity index (χ2n) is 4.73. The highest BCUT2D eigenvalue weighted by Gasteiger charge is 2.21. The number of nitrogens with zero attached hydrogens (tertiary/aromatic N) is 1. The van der Waals surface area contributed by atoms with Crippen LogP contribution in [0, 0.1) is 0 Å². The molecule has 4 heteroatoms. The molecule has 1 unspecified atom stereocenters. The van der Waals surface area contributed by atoms with Crippen molar-refractivity contribution in [2.45, 2.75) is 46.1 Å². The van der Waals surface area contributed by atoms with E-state index in [-0.39, 0.29) is 11.9 Å². The first-order valence-electron chi connectivity index (χ1n) is 6.77. The van der Waals surface area contributed by atoms with Crippen molar-refractivity contribution in [3.63, 3.8) is 0 Å². The molecule has 0 saturated carbocycles. The van der Waals surface area contributed by atoms with Gasteiger partial charge in [-0.25, -0.2) is 0 Å². The van der Waals surface area contributed by atoms with Gasteiger partial charge in [-0.15, -0.1) is 0 Å². The van der Waals surface area contributed by atoms with E-state index in [0.717, 1.165) is 40.3 Å². The van der Waals surface area contributed by atoms with Crippen LogP contribution in [0.1, 0.15) is 50.4 Å². The highest BCUT2D eigenvalue weighted by atomic mass is 79.9. The van der Waals surface area contributed by atoms with Gasteiger partial charge in [0, 0.05) is 21.5 Å². The van der Waals surface area contributed by atoms with Crippen molar-refractivity contribution in [3.8, 4) is 0 Å². The zero-order valence-corrected chi connectivity index (χ0v) is 14.9. The molecular formula is C15H21Br2NO. The Balaban J connectivity index is 3.00. The van der Waals surface area contributed by atoms with Gasteiger partial charge >= 0.3 is 0 Å². The molecular weight excluding hydrogens is 370 g/mol. The van der Waals surface area contributed by atoms with Gasteiger partial charge in [-0.1, -0.05) is 36.2 Å². The standard InChI is InChI=1S/C15H21Br2NO/c1-4-6-9-18(11(3)5-2)15(19)13-10-12(16)7-8-14(13)17/h7-8,10-11H,4-6,9H2,1-3H3. The molecule has 2 nitrogen and oxygen atoms in total. The SMILES string of the molecule is CCCCN(C(=O)c1cc(Br)ccc1Br)C(C)CC. The minimum absolute atomic E-state index is 0.107. The number of amides is 1. The monoisotopic (exact) mass is 389 g/mol. The van der Waals surface area contributed by atoms with Gasteiger partial charge in [-0.05, 0) is 53.9 Å². The molecule has 0 saturated heterocycles. The fourth-order valence-electron chi connectivity index (χ4n) is 1.89. The molecule has 19 heavy (non-hydrogen) atoms. The second-order valence-corrected chi connectivity index (χ2v) is 6.50. The van der Waals surface area contributed by atoms with Crippen molar-refractivity contribution < 1.29 is 4.79 Å². The number of rotatable bonds is 6. The van der Waals surface area contributed by atoms with Crippen LogP contribution in [-0.2, 0) is 0 Å². The molecule has 1 aromatic rings. The van der Waals surface area contributed by atoms with E-state index in [1.54, 1.807) is 0 Å². The largest absolute Gasteiger partial charge is 0.336 e. The van der Waals surface area contributed by atoms with Gasteiger partial charge in [-0.2, -0.15) is 0 Å². The van der Waals surface area contributed by atoms with Crippen LogP contribution < -0.4 is 0 Å². The van der Waals surface area contributed by atoms with Crippen molar-refractivity contribution >= 4 is 37.8 Å². The Kier molecular flexibility index (Phi) is 7.08. The number of benzene rings is 1. The molecule has 0 spiro atoms. The van der Waals surface area contributed by atoms with Crippen molar-refractivity contribution in [3.05, 3.63) is 32.7 Å². The second kappa shape index (κ2) is 8.05. The van der Waals surface area contributed by atoms with Gasteiger partial charge < -0.3 is 4.90 Å². The van der Waals surface area contributed by atoms with E-state index < -0.39 is 0 Å². The van der Waals surface area contributed by atoms with Crippen molar-refractivity contribution in [1.29, 1.82) is 0 Å². The Morgan fingerprint density at radius 3 is 2.58 bits per heavy atom. The summed E-state index contributed by atoms with van der Waals surface area (Å²) in [5, 5.41) is 0. The summed E-state index contributed by atoms with van der Waals surface area (Å²) in [6.45, 7) is 7.20. The van der Waals surface area contributed by atoms with Gasteiger partial charge in [0.05, 0.1) is 5.56 Å². The first-order chi connectivity index (χ1) is 9.01. The highest BCUT2D eigenvalue weighted by Crippen LogP contribution is 2.24. The lowest BCUT2D eigenvalue weighted by Gasteiger charge is -2.29. The maximum atomic E-state index is 12.7. The predicted molar refractivity (Wildman–Crippen MR) is 87.5 cm³/mol. The van der Waals surface area contributed by atoms with Crippen LogP contribution >= 0.6 is 31.9 Å². The van der Waals surface area contributed by atoms with Crippen molar-refractivity contribution in [2.24, 2.45) is 0 Å². The summed E-state index contributed by atoms with van der Waals surface area (Å²) in [5.41, 5.74) is 0.728. The summed E-state index contributed by atoms with van der Waals surface area (Å²) in [5.74, 6) is 0.107. The lowest BCUT2D eigenvalue weighted by Crippen LogP contribution is -2.39. The zero-order chi connectivity index (χ0) is 14.4. The Morgan fingerprint density at radius 1 is 1.32 bits per heavy atom. The minimum atomic E-state index is 0.107. The van der Waals surface area contributed by atoms with Crippen LogP contribution in [0.5, 0.6) is 0 Å². The molecule has 0 aliphatic rings. The molecule has 0 radical (unpaired) electrons. The van der Waals surface area contributed by atoms with E-state index in [0.29, 0.717) is 0 Å². The summed E-state index contributed by atoms with van der Waals surface area (Å²) < 4.78 is 1.78. The normalized spacial score (nSPS) is 12.3. The summed E-state index contributed by atoms with van der Waals surface area (Å²) >= 11 is 6.90. The van der Waals surface area contributed by atoms with Crippen LogP contribution in [0.25, 0.3) is 0 Å². The predicted octanol–water partition coefficient (Wildman–Crippen LogP) is 5.25. The van der Waals surface area contributed by atoms with Crippen LogP contribution in [0.15, 0.2) is 27.1 Å². The van der Waals surface area contributed by atoms with Gasteiger partial charge in [-0.3, -0.25) is 4.79 Å². The van der Waals surface area contributed by atoms with E-state index in [1.165, 1.54) is 0 Å². The Bertz CT molecular complexity index is 434. The van der Waals surface area contributed by atoms with E-state index in [4.69, 9.17) is 0 Å². The van der Waals surface area contributed by atoms with E-state index in [1.807, 2.05) is 23.1 Å². The molecule has 1 rings (SSSR count). The summed E-state index contributed by atoms with van der Waals surface area (Å²) in [6, 6.07) is 5.99. The van der Waals surface area contributed by atoms with E-state index in [2.05, 4.69) is 52.6 Å². The maximum Gasteiger partial charge on any atom is 0.255 e. The fraction of sp³-hybridized carbons (Fsp3) is 0.533. The molecule has 1 atom stereocenters. The van der Waals surface area contributed by atoms with Crippen LogP contribution in [0.2, 0.25) is 0 Å². The number of carbonyl (C=O) groups is 1. The number of hydrogen-bond donors (Lipinski definition) is 0. The van der Waals surface area contributed by atoms with Crippen LogP contribution in [0.4, 0.5) is 0 Å². The summed E-state index contributed by atoms with van der Waals surface area (Å²) in [6.07, 6.45) is 3.11. The minimum Gasteiger partial charge on any atom is -0.336 e. The molecule has 1 amide bonds. The fourth-order valence-corrected chi connectivity index (χ4v) is 2.66. The topological polar surface area (TPSA) is 20.3 Å². The Hall–Kier alpha value is -0.350. The quantitative estimate of drug-likeness (QED) is 0.649. The molecule has 0 aliphatic heterocycles. The smallest absolute Gasteiger partial charge is 0.255 e. The lowest BCUT2D eigenvalue weighted by atomic mass is 10.1. The molecule has 0 N–H and O–H groups in total. The van der Waals surface area contributed by atoms with Crippen molar-refractivity contribution in [2.75, 3.05) is 6.54 Å². The third-order valence-corrected chi connectivity index (χ3v) is 4.48. The Labute approximate surface area is 132 Å². The maximum absolute atomic E-state index is 12.7. The zero-order valence-electron chi connectivity index (χ0n) is 11.7. The summed E-state index contributed by atoms with van der Waals surface area (Å²) in [4.78, 5) is 14.7. The molecule has 0 bridgehead atoms. The van der Waals surface area contributed by atoms with Gasteiger partial charge in [0.2, 0.25) is 0 Å². The molecule has 0 aliphatic carbocycles. The van der Waals surface area contributed by atoms with Crippen LogP contribution in [0.3, 0.4) is 0 Å². The average molecular weight is 391 g/mol. The first-order valence-corrected chi connectivity index (χ1v) is 8.35. The number of halogens is 2. The van der Waals surface area contributed by atoms with E-state index >= 15 is 0 Å². The third-order valence-electron chi connectivity index (χ3n) is 3.30. The third kappa shape index (κ3) is 4.60. The van der Waals surface area contributed by atoms with Crippen LogP contribution in [-0.4, -0.2) is 23.4 Å². The summed E-state index contributed by atoms with van der Waals surface area (Å²) in [7, 11) is 0. The molecule has 0 aromatic heterocycles. The molecule has 0 heterocycles. The molecule has 1 aromatic carbocycles. The van der Waals surface area contributed by atoms with Crippen molar-refractivity contribution in [1.82, 2.24) is 4.90 Å². The van der Waals surface area contributed by atoms with Gasteiger partial charge in [0.25, 0.3) is 5.91 Å². The average Bonchev–Trinajstić information content (AvgIpc) is 2.41. The highest BCUT2D eigenvalue weighted by molar-refractivity contribution is 9.11. The van der Waals surface area contributed by atoms with Gasteiger partial charge in [0.15, 0.2) is 0 Å². The number of carbonyl (C=O) groups excluding carboxylic acids is 1. The first kappa shape index (κ1) is 16.7. The number of unbranched alkanes of at least 4 members (excludes halogenated alkanes) is 1. The van der Waals surface area contributed by atoms with E-state index in [9.17, 15) is 4.79 Å². The molecule has 106 valence electrons. The van der Waals surface area contributed by atoms with Gasteiger partial charge in [0.1, 0.15) is 0 Å². The molecule has 0 fully saturated rings. The number of hydrogen-bond acceptors (Lipinski definition) is 1. The lowest BCUT2D eigenvalue weighted by molar-refractivity contribution is 0.0684.